The van der Waals surface area contributed by atoms with Gasteiger partial charge in [0.05, 0.1) is 22.2 Å². The molecule has 96 valence electrons. The molecule has 0 bridgehead atoms. The topological polar surface area (TPSA) is 52.0 Å². The summed E-state index contributed by atoms with van der Waals surface area (Å²) in [6.45, 7) is 3.64. The Bertz CT molecular complexity index is 660. The van der Waals surface area contributed by atoms with Gasteiger partial charge in [0.2, 0.25) is 0 Å². The Labute approximate surface area is 111 Å². The molecule has 18 heavy (non-hydrogen) atoms. The molecule has 2 aromatic rings. The second-order valence-corrected chi connectivity index (χ2v) is 6.11. The maximum Gasteiger partial charge on any atom is 0.269 e. The Balaban J connectivity index is 2.58. The molecular weight excluding hydrogens is 272 g/mol. The molecule has 0 aliphatic heterocycles. The van der Waals surface area contributed by atoms with Crippen molar-refractivity contribution in [3.63, 3.8) is 0 Å². The lowest BCUT2D eigenvalue weighted by Crippen LogP contribution is -2.14. The fourth-order valence-electron chi connectivity index (χ4n) is 1.63. The molecule has 0 unspecified atom stereocenters. The minimum Gasteiger partial charge on any atom is -0.241 e. The summed E-state index contributed by atoms with van der Waals surface area (Å²) in [5.74, 6) is 0.108. The van der Waals surface area contributed by atoms with Crippen molar-refractivity contribution >= 4 is 21.6 Å². The van der Waals surface area contributed by atoms with Crippen LogP contribution in [-0.2, 0) is 15.9 Å². The highest BCUT2D eigenvalue weighted by Crippen LogP contribution is 2.19. The Hall–Kier alpha value is -1.33. The minimum absolute atomic E-state index is 0.108. The monoisotopic (exact) mass is 284 g/mol. The Morgan fingerprint density at radius 2 is 1.83 bits per heavy atom. The van der Waals surface area contributed by atoms with Crippen LogP contribution < -0.4 is 0 Å². The fraction of sp³-hybridized carbons (Fsp3) is 0.250. The first-order valence-corrected chi connectivity index (χ1v) is 7.35. The van der Waals surface area contributed by atoms with Crippen LogP contribution in [0.1, 0.15) is 17.0 Å². The lowest BCUT2D eigenvalue weighted by atomic mass is 10.2. The summed E-state index contributed by atoms with van der Waals surface area (Å²) < 4.78 is 25.9. The van der Waals surface area contributed by atoms with E-state index >= 15 is 0 Å². The van der Waals surface area contributed by atoms with Crippen LogP contribution in [0.5, 0.6) is 0 Å². The number of aryl methyl sites for hydroxylation is 2. The zero-order valence-electron chi connectivity index (χ0n) is 10.1. The fourth-order valence-corrected chi connectivity index (χ4v) is 3.39. The van der Waals surface area contributed by atoms with E-state index in [1.54, 1.807) is 31.2 Å². The average molecular weight is 285 g/mol. The van der Waals surface area contributed by atoms with Crippen molar-refractivity contribution in [2.75, 3.05) is 0 Å². The number of hydrogen-bond donors (Lipinski definition) is 0. The maximum absolute atomic E-state index is 12.4. The van der Waals surface area contributed by atoms with E-state index in [-0.39, 0.29) is 10.8 Å². The number of imidazole rings is 1. The number of nitrogens with zero attached hydrogens (tertiary/aromatic N) is 2. The van der Waals surface area contributed by atoms with Crippen LogP contribution in [0.4, 0.5) is 0 Å². The van der Waals surface area contributed by atoms with Crippen LogP contribution in [0, 0.1) is 13.8 Å². The molecule has 0 aliphatic carbocycles. The summed E-state index contributed by atoms with van der Waals surface area (Å²) in [4.78, 5) is 4.23. The van der Waals surface area contributed by atoms with E-state index in [9.17, 15) is 8.42 Å². The normalized spacial score (nSPS) is 11.7. The highest BCUT2D eigenvalue weighted by atomic mass is 35.5. The molecule has 4 nitrogen and oxygen atoms in total. The Morgan fingerprint density at radius 3 is 2.39 bits per heavy atom. The third-order valence-corrected chi connectivity index (χ3v) is 4.70. The molecule has 0 N–H and O–H groups in total. The third kappa shape index (κ3) is 2.15. The van der Waals surface area contributed by atoms with E-state index < -0.39 is 10.0 Å². The number of halogens is 1. The predicted octanol–water partition coefficient (Wildman–Crippen LogP) is 2.48. The van der Waals surface area contributed by atoms with Crippen LogP contribution in [-0.4, -0.2) is 17.4 Å². The van der Waals surface area contributed by atoms with E-state index in [1.807, 2.05) is 6.92 Å². The summed E-state index contributed by atoms with van der Waals surface area (Å²) in [6.07, 6.45) is 1.29. The summed E-state index contributed by atoms with van der Waals surface area (Å²) in [7, 11) is -3.61. The van der Waals surface area contributed by atoms with Crippen molar-refractivity contribution in [3.05, 3.63) is 47.5 Å². The van der Waals surface area contributed by atoms with Gasteiger partial charge in [0.25, 0.3) is 10.0 Å². The quantitative estimate of drug-likeness (QED) is 0.814. The largest absolute Gasteiger partial charge is 0.269 e. The van der Waals surface area contributed by atoms with E-state index in [0.29, 0.717) is 11.4 Å². The van der Waals surface area contributed by atoms with E-state index in [4.69, 9.17) is 11.6 Å². The van der Waals surface area contributed by atoms with Crippen LogP contribution in [0.2, 0.25) is 0 Å². The molecule has 0 saturated heterocycles. The highest BCUT2D eigenvalue weighted by molar-refractivity contribution is 7.90. The van der Waals surface area contributed by atoms with Gasteiger partial charge >= 0.3 is 0 Å². The lowest BCUT2D eigenvalue weighted by molar-refractivity contribution is 0.585. The van der Waals surface area contributed by atoms with Gasteiger partial charge in [0.1, 0.15) is 6.33 Å². The van der Waals surface area contributed by atoms with Gasteiger partial charge in [-0.05, 0) is 26.0 Å². The molecule has 6 heteroatoms. The van der Waals surface area contributed by atoms with E-state index in [2.05, 4.69) is 4.98 Å². The number of alkyl halides is 1. The van der Waals surface area contributed by atoms with Crippen LogP contribution in [0.3, 0.4) is 0 Å². The van der Waals surface area contributed by atoms with Gasteiger partial charge in [-0.15, -0.1) is 11.6 Å². The molecule has 2 rings (SSSR count). The maximum atomic E-state index is 12.4. The number of benzene rings is 1. The lowest BCUT2D eigenvalue weighted by Gasteiger charge is -2.08. The molecule has 0 fully saturated rings. The second kappa shape index (κ2) is 4.74. The average Bonchev–Trinajstić information content (AvgIpc) is 2.71. The Morgan fingerprint density at radius 1 is 1.22 bits per heavy atom. The van der Waals surface area contributed by atoms with Crippen molar-refractivity contribution < 1.29 is 8.42 Å². The molecule has 0 atom stereocenters. The summed E-state index contributed by atoms with van der Waals surface area (Å²) >= 11 is 5.77. The van der Waals surface area contributed by atoms with Gasteiger partial charge in [-0.3, -0.25) is 0 Å². The summed E-state index contributed by atoms with van der Waals surface area (Å²) in [5, 5.41) is 0. The van der Waals surface area contributed by atoms with E-state index in [1.165, 1.54) is 6.33 Å². The molecule has 0 radical (unpaired) electrons. The molecule has 0 aliphatic rings. The number of hydrogen-bond acceptors (Lipinski definition) is 3. The van der Waals surface area contributed by atoms with Gasteiger partial charge < -0.3 is 0 Å². The van der Waals surface area contributed by atoms with Crippen molar-refractivity contribution in [1.82, 2.24) is 8.96 Å². The van der Waals surface area contributed by atoms with Gasteiger partial charge in [-0.25, -0.2) is 17.4 Å². The standard InChI is InChI=1S/C12H13ClN2O2S/c1-9-3-5-11(6-4-9)18(16,17)15-8-14-10(2)12(15)7-13/h3-6,8H,7H2,1-2H3. The summed E-state index contributed by atoms with van der Waals surface area (Å²) in [5.41, 5.74) is 2.13. The molecular formula is C12H13ClN2O2S. The van der Waals surface area contributed by atoms with Crippen LogP contribution >= 0.6 is 11.6 Å². The predicted molar refractivity (Wildman–Crippen MR) is 70.3 cm³/mol. The molecule has 0 spiro atoms. The molecule has 1 heterocycles. The van der Waals surface area contributed by atoms with Gasteiger partial charge in [-0.2, -0.15) is 0 Å². The van der Waals surface area contributed by atoms with Crippen molar-refractivity contribution in [1.29, 1.82) is 0 Å². The van der Waals surface area contributed by atoms with E-state index in [0.717, 1.165) is 9.54 Å². The first kappa shape index (κ1) is 13.1. The highest BCUT2D eigenvalue weighted by Gasteiger charge is 2.21. The van der Waals surface area contributed by atoms with Crippen molar-refractivity contribution in [2.24, 2.45) is 0 Å². The second-order valence-electron chi connectivity index (χ2n) is 4.02. The zero-order chi connectivity index (χ0) is 13.3. The number of rotatable bonds is 3. The molecule has 1 aromatic carbocycles. The summed E-state index contributed by atoms with van der Waals surface area (Å²) in [6, 6.07) is 6.68. The number of aromatic nitrogens is 2. The Kier molecular flexibility index (Phi) is 3.45. The molecule has 0 saturated carbocycles. The third-order valence-electron chi connectivity index (χ3n) is 2.74. The zero-order valence-corrected chi connectivity index (χ0v) is 11.7. The SMILES string of the molecule is Cc1ccc(S(=O)(=O)n2cnc(C)c2CCl)cc1. The minimum atomic E-state index is -3.61. The van der Waals surface area contributed by atoms with Gasteiger partial charge in [0.15, 0.2) is 0 Å². The first-order chi connectivity index (χ1) is 8.46. The van der Waals surface area contributed by atoms with Gasteiger partial charge in [0, 0.05) is 0 Å². The van der Waals surface area contributed by atoms with Crippen LogP contribution in [0.25, 0.3) is 0 Å². The van der Waals surface area contributed by atoms with Crippen molar-refractivity contribution in [2.45, 2.75) is 24.6 Å². The first-order valence-electron chi connectivity index (χ1n) is 5.38. The van der Waals surface area contributed by atoms with Crippen molar-refractivity contribution in [3.8, 4) is 0 Å². The molecule has 0 amide bonds. The van der Waals surface area contributed by atoms with Crippen LogP contribution in [0.15, 0.2) is 35.5 Å². The van der Waals surface area contributed by atoms with Gasteiger partial charge in [-0.1, -0.05) is 17.7 Å². The smallest absolute Gasteiger partial charge is 0.241 e. The molecule has 1 aromatic heterocycles.